The van der Waals surface area contributed by atoms with Gasteiger partial charge in [0, 0.05) is 5.56 Å². The van der Waals surface area contributed by atoms with Crippen LogP contribution in [-0.4, -0.2) is 16.7 Å². The number of piperidine rings is 1. The zero-order chi connectivity index (χ0) is 14.1. The summed E-state index contributed by atoms with van der Waals surface area (Å²) in [5, 5.41) is 9.99. The van der Waals surface area contributed by atoms with Crippen LogP contribution in [0.5, 0.6) is 0 Å². The highest BCUT2D eigenvalue weighted by atomic mass is 16.5. The highest BCUT2D eigenvalue weighted by Gasteiger charge is 2.21. The van der Waals surface area contributed by atoms with Crippen molar-refractivity contribution in [3.63, 3.8) is 0 Å². The zero-order valence-electron chi connectivity index (χ0n) is 11.7. The zero-order valence-corrected chi connectivity index (χ0v) is 11.7. The van der Waals surface area contributed by atoms with Crippen molar-refractivity contribution in [2.75, 3.05) is 6.54 Å². The van der Waals surface area contributed by atoms with Gasteiger partial charge in [-0.15, -0.1) is 0 Å². The van der Waals surface area contributed by atoms with E-state index in [-0.39, 0.29) is 6.04 Å². The summed E-state index contributed by atoms with van der Waals surface area (Å²) < 4.78 is 5.45. The van der Waals surface area contributed by atoms with Crippen molar-refractivity contribution in [3.05, 3.63) is 48.4 Å². The summed E-state index contributed by atoms with van der Waals surface area (Å²) in [6.07, 6.45) is 3.51. The van der Waals surface area contributed by atoms with Gasteiger partial charge in [0.15, 0.2) is 0 Å². The largest absolute Gasteiger partial charge is 0.337 e. The molecule has 4 heteroatoms. The smallest absolute Gasteiger partial charge is 0.244 e. The fourth-order valence-electron chi connectivity index (χ4n) is 2.89. The molecule has 0 aliphatic carbocycles. The molecule has 3 aromatic rings. The van der Waals surface area contributed by atoms with Gasteiger partial charge in [0.25, 0.3) is 0 Å². The molecule has 1 N–H and O–H groups in total. The van der Waals surface area contributed by atoms with Crippen LogP contribution in [0.3, 0.4) is 0 Å². The molecule has 0 spiro atoms. The first-order valence-electron chi connectivity index (χ1n) is 7.46. The Hall–Kier alpha value is -2.20. The minimum atomic E-state index is 0.209. The van der Waals surface area contributed by atoms with E-state index in [1.807, 2.05) is 18.2 Å². The van der Waals surface area contributed by atoms with Gasteiger partial charge in [-0.2, -0.15) is 4.98 Å². The van der Waals surface area contributed by atoms with Crippen LogP contribution in [0.4, 0.5) is 0 Å². The van der Waals surface area contributed by atoms with Crippen molar-refractivity contribution < 1.29 is 4.52 Å². The van der Waals surface area contributed by atoms with Crippen LogP contribution in [0.2, 0.25) is 0 Å². The van der Waals surface area contributed by atoms with E-state index >= 15 is 0 Å². The third-order valence-corrected chi connectivity index (χ3v) is 4.06. The first-order valence-corrected chi connectivity index (χ1v) is 7.46. The van der Waals surface area contributed by atoms with Gasteiger partial charge in [0.1, 0.15) is 0 Å². The quantitative estimate of drug-likeness (QED) is 0.777. The van der Waals surface area contributed by atoms with Gasteiger partial charge in [-0.3, -0.25) is 0 Å². The molecule has 21 heavy (non-hydrogen) atoms. The molecule has 1 saturated heterocycles. The van der Waals surface area contributed by atoms with Crippen molar-refractivity contribution in [2.24, 2.45) is 0 Å². The van der Waals surface area contributed by atoms with Crippen molar-refractivity contribution >= 4 is 10.8 Å². The maximum Gasteiger partial charge on any atom is 0.244 e. The minimum absolute atomic E-state index is 0.209. The molecule has 4 nitrogen and oxygen atoms in total. The molecule has 4 rings (SSSR count). The molecule has 106 valence electrons. The molecule has 0 amide bonds. The number of hydrogen-bond acceptors (Lipinski definition) is 4. The molecule has 1 aliphatic rings. The van der Waals surface area contributed by atoms with E-state index in [0.29, 0.717) is 11.7 Å². The highest BCUT2D eigenvalue weighted by Crippen LogP contribution is 2.26. The summed E-state index contributed by atoms with van der Waals surface area (Å²) in [7, 11) is 0. The van der Waals surface area contributed by atoms with Gasteiger partial charge in [0.2, 0.25) is 11.7 Å². The number of nitrogens with zero attached hydrogens (tertiary/aromatic N) is 2. The second kappa shape index (κ2) is 5.30. The molecule has 0 saturated carbocycles. The number of aromatic nitrogens is 2. The Morgan fingerprint density at radius 1 is 1.05 bits per heavy atom. The van der Waals surface area contributed by atoms with Crippen molar-refractivity contribution in [2.45, 2.75) is 25.3 Å². The molecule has 1 unspecified atom stereocenters. The second-order valence-corrected chi connectivity index (χ2v) is 5.52. The van der Waals surface area contributed by atoms with E-state index in [9.17, 15) is 0 Å². The Morgan fingerprint density at radius 2 is 1.95 bits per heavy atom. The number of benzene rings is 2. The minimum Gasteiger partial charge on any atom is -0.337 e. The predicted octanol–water partition coefficient (Wildman–Crippen LogP) is 3.70. The third kappa shape index (κ3) is 2.43. The van der Waals surface area contributed by atoms with E-state index in [1.54, 1.807) is 0 Å². The fourth-order valence-corrected chi connectivity index (χ4v) is 2.89. The van der Waals surface area contributed by atoms with Crippen LogP contribution in [-0.2, 0) is 0 Å². The molecule has 2 aromatic carbocycles. The summed E-state index contributed by atoms with van der Waals surface area (Å²) in [5.74, 6) is 1.38. The third-order valence-electron chi connectivity index (χ3n) is 4.06. The fraction of sp³-hybridized carbons (Fsp3) is 0.294. The van der Waals surface area contributed by atoms with Crippen molar-refractivity contribution in [1.29, 1.82) is 0 Å². The molecule has 1 aliphatic heterocycles. The van der Waals surface area contributed by atoms with Crippen LogP contribution in [0.1, 0.15) is 31.2 Å². The molecule has 1 fully saturated rings. The van der Waals surface area contributed by atoms with Crippen molar-refractivity contribution in [1.82, 2.24) is 15.5 Å². The number of fused-ring (bicyclic) bond motifs is 1. The van der Waals surface area contributed by atoms with Gasteiger partial charge in [0.05, 0.1) is 6.04 Å². The summed E-state index contributed by atoms with van der Waals surface area (Å²) in [6, 6.07) is 14.8. The van der Waals surface area contributed by atoms with Gasteiger partial charge >= 0.3 is 0 Å². The molecular formula is C17H17N3O. The molecule has 1 aromatic heterocycles. The molecule has 0 radical (unpaired) electrons. The Balaban J connectivity index is 1.67. The van der Waals surface area contributed by atoms with Gasteiger partial charge in [-0.1, -0.05) is 48.0 Å². The number of rotatable bonds is 2. The Kier molecular flexibility index (Phi) is 3.16. The molecular weight excluding hydrogens is 262 g/mol. The summed E-state index contributed by atoms with van der Waals surface area (Å²) in [5.41, 5.74) is 1.000. The normalized spacial score (nSPS) is 19.0. The summed E-state index contributed by atoms with van der Waals surface area (Å²) in [6.45, 7) is 1.03. The Labute approximate surface area is 123 Å². The van der Waals surface area contributed by atoms with Crippen LogP contribution >= 0.6 is 0 Å². The second-order valence-electron chi connectivity index (χ2n) is 5.52. The van der Waals surface area contributed by atoms with E-state index < -0.39 is 0 Å². The van der Waals surface area contributed by atoms with E-state index in [1.165, 1.54) is 23.6 Å². The average molecular weight is 279 g/mol. The van der Waals surface area contributed by atoms with Crippen LogP contribution in [0.25, 0.3) is 22.2 Å². The van der Waals surface area contributed by atoms with Crippen LogP contribution in [0.15, 0.2) is 47.0 Å². The highest BCUT2D eigenvalue weighted by molar-refractivity contribution is 5.86. The van der Waals surface area contributed by atoms with Gasteiger partial charge < -0.3 is 9.84 Å². The Morgan fingerprint density at radius 3 is 2.81 bits per heavy atom. The number of hydrogen-bond donors (Lipinski definition) is 1. The van der Waals surface area contributed by atoms with Crippen LogP contribution < -0.4 is 5.32 Å². The first kappa shape index (κ1) is 12.5. The van der Waals surface area contributed by atoms with E-state index in [2.05, 4.69) is 39.7 Å². The molecule has 1 atom stereocenters. The maximum atomic E-state index is 5.45. The lowest BCUT2D eigenvalue weighted by atomic mass is 10.1. The summed E-state index contributed by atoms with van der Waals surface area (Å²) >= 11 is 0. The lowest BCUT2D eigenvalue weighted by Crippen LogP contribution is -2.26. The molecule has 2 heterocycles. The Bertz CT molecular complexity index is 759. The lowest BCUT2D eigenvalue weighted by molar-refractivity contribution is 0.297. The lowest BCUT2D eigenvalue weighted by Gasteiger charge is -2.19. The van der Waals surface area contributed by atoms with Gasteiger partial charge in [-0.05, 0) is 36.2 Å². The number of nitrogens with one attached hydrogen (secondary N) is 1. The van der Waals surface area contributed by atoms with E-state index in [4.69, 9.17) is 4.52 Å². The topological polar surface area (TPSA) is 51.0 Å². The standard InChI is InChI=1S/C17H17N3O/c1-2-6-13-11-14(9-8-12(13)5-1)16-19-17(21-20-16)15-7-3-4-10-18-15/h1-2,5-6,8-9,11,15,18H,3-4,7,10H2. The monoisotopic (exact) mass is 279 g/mol. The van der Waals surface area contributed by atoms with Crippen molar-refractivity contribution in [3.8, 4) is 11.4 Å². The maximum absolute atomic E-state index is 5.45. The summed E-state index contributed by atoms with van der Waals surface area (Å²) in [4.78, 5) is 4.57. The van der Waals surface area contributed by atoms with E-state index in [0.717, 1.165) is 18.5 Å². The predicted molar refractivity (Wildman–Crippen MR) is 81.8 cm³/mol. The SMILES string of the molecule is c1ccc2cc(-c3noc(C4CCCCN4)n3)ccc2c1. The van der Waals surface area contributed by atoms with Gasteiger partial charge in [-0.25, -0.2) is 0 Å². The van der Waals surface area contributed by atoms with Crippen LogP contribution in [0, 0.1) is 0 Å². The molecule has 0 bridgehead atoms. The average Bonchev–Trinajstić information content (AvgIpc) is 3.05. The first-order chi connectivity index (χ1) is 10.4.